The fourth-order valence-corrected chi connectivity index (χ4v) is 1.95. The summed E-state index contributed by atoms with van der Waals surface area (Å²) in [5, 5.41) is 0. The topological polar surface area (TPSA) is 0 Å². The normalized spacial score (nSPS) is 10.5. The molecule has 0 aliphatic rings. The SMILES string of the molecule is C#CCc1cc([B-](F)(F)F)cc(I)c1C.[K+]. The quantitative estimate of drug-likeness (QED) is 0.390. The van der Waals surface area contributed by atoms with Gasteiger partial charge in [0.1, 0.15) is 0 Å². The van der Waals surface area contributed by atoms with Gasteiger partial charge in [0.15, 0.2) is 0 Å². The smallest absolute Gasteiger partial charge is 0.445 e. The molecule has 0 aliphatic carbocycles. The molecule has 0 N–H and O–H groups in total. The number of rotatable bonds is 2. The van der Waals surface area contributed by atoms with Gasteiger partial charge in [0.05, 0.1) is 0 Å². The van der Waals surface area contributed by atoms with Crippen LogP contribution in [0.3, 0.4) is 0 Å². The van der Waals surface area contributed by atoms with Gasteiger partial charge in [-0.05, 0) is 40.6 Å². The van der Waals surface area contributed by atoms with Gasteiger partial charge in [-0.15, -0.1) is 17.8 Å². The molecule has 0 heterocycles. The third-order valence-electron chi connectivity index (χ3n) is 2.14. The summed E-state index contributed by atoms with van der Waals surface area (Å²) >= 11 is 1.90. The van der Waals surface area contributed by atoms with E-state index in [9.17, 15) is 12.9 Å². The van der Waals surface area contributed by atoms with Crippen molar-refractivity contribution < 1.29 is 64.3 Å². The van der Waals surface area contributed by atoms with Crippen molar-refractivity contribution in [3.8, 4) is 12.3 Å². The molecule has 0 fully saturated rings. The standard InChI is InChI=1S/C10H8BF3I.K/c1-3-4-8-5-9(11(12,13)14)6-10(15)7(8)2;/h1,5-6H,4H2,2H3;/q-1;+1. The minimum Gasteiger partial charge on any atom is -0.445 e. The van der Waals surface area contributed by atoms with Crippen LogP contribution in [0.2, 0.25) is 0 Å². The molecule has 16 heavy (non-hydrogen) atoms. The van der Waals surface area contributed by atoms with Crippen molar-refractivity contribution in [3.63, 3.8) is 0 Å². The van der Waals surface area contributed by atoms with Crippen molar-refractivity contribution in [2.75, 3.05) is 0 Å². The van der Waals surface area contributed by atoms with Crippen molar-refractivity contribution in [1.82, 2.24) is 0 Å². The predicted molar refractivity (Wildman–Crippen MR) is 65.1 cm³/mol. The first kappa shape index (κ1) is 17.0. The molecule has 0 saturated heterocycles. The Morgan fingerprint density at radius 2 is 1.94 bits per heavy atom. The first-order chi connectivity index (χ1) is 6.86. The van der Waals surface area contributed by atoms with Crippen molar-refractivity contribution in [2.45, 2.75) is 13.3 Å². The van der Waals surface area contributed by atoms with Crippen LogP contribution in [0.4, 0.5) is 12.9 Å². The van der Waals surface area contributed by atoms with Crippen LogP contribution in [-0.4, -0.2) is 6.98 Å². The Bertz CT molecular complexity index is 423. The summed E-state index contributed by atoms with van der Waals surface area (Å²) in [6, 6.07) is 2.31. The van der Waals surface area contributed by atoms with Crippen molar-refractivity contribution in [2.24, 2.45) is 0 Å². The second-order valence-electron chi connectivity index (χ2n) is 3.24. The molecule has 6 heteroatoms. The van der Waals surface area contributed by atoms with Crippen molar-refractivity contribution in [1.29, 1.82) is 0 Å². The molecule has 1 aromatic rings. The van der Waals surface area contributed by atoms with Crippen LogP contribution in [-0.2, 0) is 6.42 Å². The average Bonchev–Trinajstić information content (AvgIpc) is 2.11. The molecule has 0 radical (unpaired) electrons. The molecule has 80 valence electrons. The van der Waals surface area contributed by atoms with Crippen LogP contribution in [0.15, 0.2) is 12.1 Å². The Balaban J connectivity index is 0.00000225. The van der Waals surface area contributed by atoms with Crippen molar-refractivity contribution in [3.05, 3.63) is 26.8 Å². The van der Waals surface area contributed by atoms with Gasteiger partial charge in [-0.1, -0.05) is 12.1 Å². The van der Waals surface area contributed by atoms with E-state index in [4.69, 9.17) is 6.42 Å². The summed E-state index contributed by atoms with van der Waals surface area (Å²) in [6.07, 6.45) is 5.35. The van der Waals surface area contributed by atoms with E-state index >= 15 is 0 Å². The maximum atomic E-state index is 12.5. The monoisotopic (exact) mass is 362 g/mol. The van der Waals surface area contributed by atoms with Crippen LogP contribution in [0.5, 0.6) is 0 Å². The van der Waals surface area contributed by atoms with Gasteiger partial charge in [-0.25, -0.2) is 0 Å². The van der Waals surface area contributed by atoms with Gasteiger partial charge in [0.25, 0.3) is 0 Å². The Kier molecular flexibility index (Phi) is 7.23. The van der Waals surface area contributed by atoms with Crippen LogP contribution < -0.4 is 56.8 Å². The summed E-state index contributed by atoms with van der Waals surface area (Å²) < 4.78 is 38.2. The van der Waals surface area contributed by atoms with Gasteiger partial charge in [0.2, 0.25) is 0 Å². The Hall–Kier alpha value is 1.00. The van der Waals surface area contributed by atoms with E-state index < -0.39 is 12.4 Å². The van der Waals surface area contributed by atoms with E-state index in [1.807, 2.05) is 22.6 Å². The molecule has 0 unspecified atom stereocenters. The maximum absolute atomic E-state index is 12.5. The van der Waals surface area contributed by atoms with E-state index in [0.29, 0.717) is 9.13 Å². The first-order valence-electron chi connectivity index (χ1n) is 4.28. The number of halogens is 4. The van der Waals surface area contributed by atoms with Gasteiger partial charge in [-0.3, -0.25) is 0 Å². The zero-order valence-electron chi connectivity index (χ0n) is 9.03. The molecular formula is C10H8BF3IK. The maximum Gasteiger partial charge on any atom is 1.00 e. The molecule has 0 aromatic heterocycles. The molecule has 1 rings (SSSR count). The summed E-state index contributed by atoms with van der Waals surface area (Å²) in [6.45, 7) is -3.16. The number of benzene rings is 1. The summed E-state index contributed by atoms with van der Waals surface area (Å²) in [4.78, 5) is 0. The molecule has 1 aromatic carbocycles. The molecular weight excluding hydrogens is 354 g/mol. The largest absolute Gasteiger partial charge is 1.00 e. The second kappa shape index (κ2) is 6.81. The molecule has 0 bridgehead atoms. The summed E-state index contributed by atoms with van der Waals surface area (Å²) in [5.74, 6) is 2.37. The van der Waals surface area contributed by atoms with E-state index in [2.05, 4.69) is 5.92 Å². The zero-order valence-corrected chi connectivity index (χ0v) is 14.3. The Morgan fingerprint density at radius 3 is 2.38 bits per heavy atom. The van der Waals surface area contributed by atoms with Gasteiger partial charge in [0, 0.05) is 9.99 Å². The summed E-state index contributed by atoms with van der Waals surface area (Å²) in [7, 11) is 0. The van der Waals surface area contributed by atoms with Crippen LogP contribution in [0.25, 0.3) is 0 Å². The fraction of sp³-hybridized carbons (Fsp3) is 0.200. The third kappa shape index (κ3) is 4.35. The Labute approximate surface area is 149 Å². The minimum absolute atomic E-state index is 0. The first-order valence-corrected chi connectivity index (χ1v) is 5.36. The number of hydrogen-bond acceptors (Lipinski definition) is 0. The Morgan fingerprint density at radius 1 is 1.38 bits per heavy atom. The molecule has 0 amide bonds. The second-order valence-corrected chi connectivity index (χ2v) is 4.40. The van der Waals surface area contributed by atoms with E-state index in [1.54, 1.807) is 6.92 Å². The average molecular weight is 362 g/mol. The zero-order chi connectivity index (χ0) is 11.6. The van der Waals surface area contributed by atoms with E-state index in [-0.39, 0.29) is 57.8 Å². The van der Waals surface area contributed by atoms with Gasteiger partial charge < -0.3 is 12.9 Å². The molecule has 0 spiro atoms. The minimum atomic E-state index is -4.94. The molecule has 0 atom stereocenters. The fourth-order valence-electron chi connectivity index (χ4n) is 1.24. The van der Waals surface area contributed by atoms with Crippen LogP contribution in [0.1, 0.15) is 11.1 Å². The summed E-state index contributed by atoms with van der Waals surface area (Å²) in [5.41, 5.74) is 0.839. The number of hydrogen-bond donors (Lipinski definition) is 0. The molecule has 0 aliphatic heterocycles. The third-order valence-corrected chi connectivity index (χ3v) is 3.27. The number of terminal acetylenes is 1. The van der Waals surface area contributed by atoms with Crippen molar-refractivity contribution >= 4 is 35.0 Å². The van der Waals surface area contributed by atoms with Crippen LogP contribution >= 0.6 is 22.6 Å². The predicted octanol–water partition coefficient (Wildman–Crippen LogP) is -0.166. The van der Waals surface area contributed by atoms with Gasteiger partial charge >= 0.3 is 58.4 Å². The molecule has 0 nitrogen and oxygen atoms in total. The van der Waals surface area contributed by atoms with E-state index in [1.165, 1.54) is 0 Å². The van der Waals surface area contributed by atoms with Gasteiger partial charge in [-0.2, -0.15) is 0 Å². The van der Waals surface area contributed by atoms with Crippen LogP contribution in [0, 0.1) is 22.8 Å². The molecule has 0 saturated carbocycles. The van der Waals surface area contributed by atoms with E-state index in [0.717, 1.165) is 17.7 Å².